The van der Waals surface area contributed by atoms with Crippen LogP contribution in [0.5, 0.6) is 0 Å². The van der Waals surface area contributed by atoms with Crippen LogP contribution in [0.15, 0.2) is 0 Å². The summed E-state index contributed by atoms with van der Waals surface area (Å²) in [7, 11) is 3.11. The Bertz CT molecular complexity index is 391. The molecule has 0 aromatic rings. The van der Waals surface area contributed by atoms with Crippen molar-refractivity contribution in [1.29, 1.82) is 0 Å². The van der Waals surface area contributed by atoms with Gasteiger partial charge in [-0.25, -0.2) is 4.79 Å². The van der Waals surface area contributed by atoms with Gasteiger partial charge in [-0.3, -0.25) is 14.9 Å². The highest BCUT2D eigenvalue weighted by Crippen LogP contribution is 2.43. The maximum atomic E-state index is 12.0. The van der Waals surface area contributed by atoms with Crippen molar-refractivity contribution in [2.45, 2.75) is 38.5 Å². The highest BCUT2D eigenvalue weighted by Gasteiger charge is 2.38. The van der Waals surface area contributed by atoms with Gasteiger partial charge in [0.15, 0.2) is 0 Å². The largest absolute Gasteiger partial charge is 0.481 e. The summed E-state index contributed by atoms with van der Waals surface area (Å²) in [6.45, 7) is 0.775. The molecule has 0 radical (unpaired) electrons. The van der Waals surface area contributed by atoms with Crippen molar-refractivity contribution in [3.63, 3.8) is 0 Å². The van der Waals surface area contributed by atoms with E-state index in [2.05, 4.69) is 5.32 Å². The SMILES string of the molecule is COCCN(C)C(=O)NC(=O)CC1(CC(=O)O)CCCC1. The molecule has 1 fully saturated rings. The molecule has 0 atom stereocenters. The molecule has 7 heteroatoms. The zero-order valence-corrected chi connectivity index (χ0v) is 12.7. The second-order valence-electron chi connectivity index (χ2n) is 5.72. The standard InChI is InChI=1S/C14H24N2O5/c1-16(7-8-21-2)13(20)15-11(17)9-14(10-12(18)19)5-3-4-6-14/h3-10H2,1-2H3,(H,18,19)(H,15,17,20). The van der Waals surface area contributed by atoms with Crippen LogP contribution < -0.4 is 5.32 Å². The summed E-state index contributed by atoms with van der Waals surface area (Å²) in [5.41, 5.74) is -0.499. The highest BCUT2D eigenvalue weighted by molar-refractivity contribution is 5.94. The number of imide groups is 1. The van der Waals surface area contributed by atoms with Gasteiger partial charge >= 0.3 is 12.0 Å². The molecule has 1 rings (SSSR count). The van der Waals surface area contributed by atoms with Crippen LogP contribution in [0.25, 0.3) is 0 Å². The van der Waals surface area contributed by atoms with E-state index in [9.17, 15) is 14.4 Å². The van der Waals surface area contributed by atoms with E-state index in [-0.39, 0.29) is 12.8 Å². The van der Waals surface area contributed by atoms with Crippen molar-refractivity contribution in [2.75, 3.05) is 27.3 Å². The predicted molar refractivity (Wildman–Crippen MR) is 75.8 cm³/mol. The van der Waals surface area contributed by atoms with Gasteiger partial charge < -0.3 is 14.7 Å². The summed E-state index contributed by atoms with van der Waals surface area (Å²) in [6.07, 6.45) is 3.38. The number of carbonyl (C=O) groups excluding carboxylic acids is 2. The molecule has 7 nitrogen and oxygen atoms in total. The highest BCUT2D eigenvalue weighted by atomic mass is 16.5. The van der Waals surface area contributed by atoms with Crippen LogP contribution in [0.2, 0.25) is 0 Å². The van der Waals surface area contributed by atoms with Gasteiger partial charge in [-0.2, -0.15) is 0 Å². The fourth-order valence-corrected chi connectivity index (χ4v) is 2.79. The Balaban J connectivity index is 2.50. The molecule has 120 valence electrons. The number of hydrogen-bond acceptors (Lipinski definition) is 4. The lowest BCUT2D eigenvalue weighted by molar-refractivity contribution is -0.140. The molecule has 1 aliphatic carbocycles. The second-order valence-corrected chi connectivity index (χ2v) is 5.72. The first-order valence-corrected chi connectivity index (χ1v) is 7.14. The van der Waals surface area contributed by atoms with Gasteiger partial charge in [-0.1, -0.05) is 12.8 Å². The minimum atomic E-state index is -0.895. The van der Waals surface area contributed by atoms with E-state index in [0.717, 1.165) is 25.7 Å². The lowest BCUT2D eigenvalue weighted by atomic mass is 9.79. The number of methoxy groups -OCH3 is 1. The van der Waals surface area contributed by atoms with Crippen LogP contribution in [-0.2, 0) is 14.3 Å². The number of aliphatic carboxylic acids is 1. The molecule has 0 spiro atoms. The molecular formula is C14H24N2O5. The molecule has 0 aliphatic heterocycles. The third-order valence-electron chi connectivity index (χ3n) is 3.95. The fourth-order valence-electron chi connectivity index (χ4n) is 2.79. The molecule has 1 saturated carbocycles. The van der Waals surface area contributed by atoms with Crippen molar-refractivity contribution < 1.29 is 24.2 Å². The molecule has 3 amide bonds. The normalized spacial score (nSPS) is 16.5. The maximum Gasteiger partial charge on any atom is 0.323 e. The van der Waals surface area contributed by atoms with E-state index in [1.54, 1.807) is 7.05 Å². The van der Waals surface area contributed by atoms with Crippen LogP contribution in [0.3, 0.4) is 0 Å². The molecule has 0 aromatic heterocycles. The number of amides is 3. The first kappa shape index (κ1) is 17.4. The van der Waals surface area contributed by atoms with Crippen LogP contribution >= 0.6 is 0 Å². The molecule has 0 bridgehead atoms. The summed E-state index contributed by atoms with van der Waals surface area (Å²) >= 11 is 0. The number of carbonyl (C=O) groups is 3. The van der Waals surface area contributed by atoms with Crippen LogP contribution in [0.4, 0.5) is 4.79 Å². The van der Waals surface area contributed by atoms with Crippen molar-refractivity contribution >= 4 is 17.9 Å². The Labute approximate surface area is 124 Å². The van der Waals surface area contributed by atoms with Gasteiger partial charge in [0.1, 0.15) is 0 Å². The lowest BCUT2D eigenvalue weighted by Crippen LogP contribution is -2.43. The first-order valence-electron chi connectivity index (χ1n) is 7.14. The summed E-state index contributed by atoms with van der Waals surface area (Å²) in [6, 6.07) is -0.486. The van der Waals surface area contributed by atoms with Crippen LogP contribution in [0, 0.1) is 5.41 Å². The number of nitrogens with one attached hydrogen (secondary N) is 1. The summed E-state index contributed by atoms with van der Waals surface area (Å²) in [4.78, 5) is 36.1. The number of nitrogens with zero attached hydrogens (tertiary/aromatic N) is 1. The van der Waals surface area contributed by atoms with Gasteiger partial charge in [0, 0.05) is 27.1 Å². The molecular weight excluding hydrogens is 276 g/mol. The van der Waals surface area contributed by atoms with Crippen molar-refractivity contribution in [1.82, 2.24) is 10.2 Å². The molecule has 0 aromatic carbocycles. The topological polar surface area (TPSA) is 95.9 Å². The Morgan fingerprint density at radius 1 is 1.24 bits per heavy atom. The lowest BCUT2D eigenvalue weighted by Gasteiger charge is -2.26. The summed E-state index contributed by atoms with van der Waals surface area (Å²) in [5.74, 6) is -1.30. The smallest absolute Gasteiger partial charge is 0.323 e. The number of carboxylic acid groups (broad SMARTS) is 1. The van der Waals surface area contributed by atoms with E-state index < -0.39 is 23.3 Å². The van der Waals surface area contributed by atoms with E-state index in [4.69, 9.17) is 9.84 Å². The van der Waals surface area contributed by atoms with Crippen molar-refractivity contribution in [2.24, 2.45) is 5.41 Å². The summed E-state index contributed by atoms with van der Waals surface area (Å²) < 4.78 is 4.86. The average Bonchev–Trinajstić information content (AvgIpc) is 2.82. The Morgan fingerprint density at radius 2 is 1.86 bits per heavy atom. The third-order valence-corrected chi connectivity index (χ3v) is 3.95. The minimum absolute atomic E-state index is 0.0197. The zero-order chi connectivity index (χ0) is 15.9. The Hall–Kier alpha value is -1.63. The fraction of sp³-hybridized carbons (Fsp3) is 0.786. The number of hydrogen-bond donors (Lipinski definition) is 2. The van der Waals surface area contributed by atoms with Gasteiger partial charge in [-0.05, 0) is 18.3 Å². The maximum absolute atomic E-state index is 12.0. The molecule has 0 saturated heterocycles. The molecule has 2 N–H and O–H groups in total. The number of rotatable bonds is 7. The van der Waals surface area contributed by atoms with E-state index in [0.29, 0.717) is 13.2 Å². The molecule has 1 aliphatic rings. The Kier molecular flexibility index (Phi) is 6.61. The van der Waals surface area contributed by atoms with E-state index in [1.807, 2.05) is 0 Å². The van der Waals surface area contributed by atoms with Gasteiger partial charge in [-0.15, -0.1) is 0 Å². The van der Waals surface area contributed by atoms with Gasteiger partial charge in [0.25, 0.3) is 0 Å². The van der Waals surface area contributed by atoms with E-state index in [1.165, 1.54) is 12.0 Å². The zero-order valence-electron chi connectivity index (χ0n) is 12.7. The molecule has 0 heterocycles. The molecule has 0 unspecified atom stereocenters. The minimum Gasteiger partial charge on any atom is -0.481 e. The average molecular weight is 300 g/mol. The Morgan fingerprint density at radius 3 is 2.38 bits per heavy atom. The van der Waals surface area contributed by atoms with Crippen molar-refractivity contribution in [3.8, 4) is 0 Å². The quantitative estimate of drug-likeness (QED) is 0.737. The van der Waals surface area contributed by atoms with Gasteiger partial charge in [0.05, 0.1) is 13.0 Å². The van der Waals surface area contributed by atoms with Gasteiger partial charge in [0.2, 0.25) is 5.91 Å². The first-order chi connectivity index (χ1) is 9.88. The van der Waals surface area contributed by atoms with Crippen LogP contribution in [-0.4, -0.2) is 55.2 Å². The van der Waals surface area contributed by atoms with E-state index >= 15 is 0 Å². The van der Waals surface area contributed by atoms with Crippen LogP contribution in [0.1, 0.15) is 38.5 Å². The number of carboxylic acids is 1. The number of urea groups is 1. The van der Waals surface area contributed by atoms with Crippen molar-refractivity contribution in [3.05, 3.63) is 0 Å². The molecule has 21 heavy (non-hydrogen) atoms. The number of ether oxygens (including phenoxy) is 1. The third kappa shape index (κ3) is 5.71. The summed E-state index contributed by atoms with van der Waals surface area (Å²) in [5, 5.41) is 11.3. The number of likely N-dealkylation sites (N-methyl/N-ethyl adjacent to an activating group) is 1. The predicted octanol–water partition coefficient (Wildman–Crippen LogP) is 1.23. The monoisotopic (exact) mass is 300 g/mol. The second kappa shape index (κ2) is 7.97.